The molecule has 0 saturated heterocycles. The Labute approximate surface area is 126 Å². The predicted molar refractivity (Wildman–Crippen MR) is 84.7 cm³/mol. The Kier molecular flexibility index (Phi) is 4.86. The molecule has 4 nitrogen and oxygen atoms in total. The van der Waals surface area contributed by atoms with Crippen molar-refractivity contribution in [2.45, 2.75) is 20.0 Å². The van der Waals surface area contributed by atoms with Crippen molar-refractivity contribution in [3.05, 3.63) is 28.1 Å². The third-order valence-corrected chi connectivity index (χ3v) is 4.23. The van der Waals surface area contributed by atoms with Gasteiger partial charge in [-0.2, -0.15) is 0 Å². The van der Waals surface area contributed by atoms with Gasteiger partial charge >= 0.3 is 0 Å². The number of amides is 1. The van der Waals surface area contributed by atoms with Crippen LogP contribution < -0.4 is 11.1 Å². The van der Waals surface area contributed by atoms with E-state index >= 15 is 0 Å². The second-order valence-electron chi connectivity index (χ2n) is 4.63. The standard InChI is InChI=1S/C14H17ClN2O2S/c1-8(2)19-7-6-17-14(18)13-12(16)11-9(15)4-3-5-10(11)20-13/h3-5,8H,6-7,16H2,1-2H3,(H,17,18). The normalized spacial score (nSPS) is 11.2. The number of nitrogen functional groups attached to an aromatic ring is 1. The number of carbonyl (C=O) groups is 1. The highest BCUT2D eigenvalue weighted by Gasteiger charge is 2.17. The fourth-order valence-corrected chi connectivity index (χ4v) is 3.24. The number of benzene rings is 1. The summed E-state index contributed by atoms with van der Waals surface area (Å²) < 4.78 is 6.29. The number of nitrogens with two attached hydrogens (primary N) is 1. The highest BCUT2D eigenvalue weighted by Crippen LogP contribution is 2.37. The van der Waals surface area contributed by atoms with Crippen LogP contribution in [0.4, 0.5) is 5.69 Å². The molecule has 1 aromatic heterocycles. The molecule has 0 bridgehead atoms. The molecule has 1 heterocycles. The van der Waals surface area contributed by atoms with E-state index in [4.69, 9.17) is 22.1 Å². The van der Waals surface area contributed by atoms with E-state index in [1.807, 2.05) is 26.0 Å². The summed E-state index contributed by atoms with van der Waals surface area (Å²) >= 11 is 7.47. The lowest BCUT2D eigenvalue weighted by atomic mass is 10.2. The first-order valence-corrected chi connectivity index (χ1v) is 7.56. The number of hydrogen-bond donors (Lipinski definition) is 2. The fraction of sp³-hybridized carbons (Fsp3) is 0.357. The van der Waals surface area contributed by atoms with Gasteiger partial charge in [0.2, 0.25) is 0 Å². The Bertz CT molecular complexity index is 625. The van der Waals surface area contributed by atoms with Crippen molar-refractivity contribution in [3.63, 3.8) is 0 Å². The Morgan fingerprint density at radius 1 is 1.50 bits per heavy atom. The SMILES string of the molecule is CC(C)OCCNC(=O)c1sc2cccc(Cl)c2c1N. The average Bonchev–Trinajstić information content (AvgIpc) is 2.73. The number of ether oxygens (including phenoxy) is 1. The van der Waals surface area contributed by atoms with E-state index in [-0.39, 0.29) is 12.0 Å². The van der Waals surface area contributed by atoms with E-state index in [0.29, 0.717) is 28.7 Å². The first kappa shape index (κ1) is 15.1. The molecule has 0 saturated carbocycles. The fourth-order valence-electron chi connectivity index (χ4n) is 1.84. The zero-order chi connectivity index (χ0) is 14.7. The van der Waals surface area contributed by atoms with Gasteiger partial charge in [-0.15, -0.1) is 11.3 Å². The molecule has 0 fully saturated rings. The molecule has 0 spiro atoms. The Morgan fingerprint density at radius 2 is 2.25 bits per heavy atom. The van der Waals surface area contributed by atoms with Gasteiger partial charge in [-0.3, -0.25) is 4.79 Å². The van der Waals surface area contributed by atoms with Gasteiger partial charge in [0.05, 0.1) is 23.4 Å². The molecule has 6 heteroatoms. The minimum Gasteiger partial charge on any atom is -0.397 e. The van der Waals surface area contributed by atoms with Gasteiger partial charge in [0.15, 0.2) is 0 Å². The molecule has 0 aliphatic carbocycles. The Morgan fingerprint density at radius 3 is 2.90 bits per heavy atom. The average molecular weight is 313 g/mol. The molecule has 0 aliphatic rings. The highest BCUT2D eigenvalue weighted by atomic mass is 35.5. The summed E-state index contributed by atoms with van der Waals surface area (Å²) in [6.45, 7) is 4.84. The maximum Gasteiger partial charge on any atom is 0.263 e. The van der Waals surface area contributed by atoms with Crippen LogP contribution in [-0.4, -0.2) is 25.2 Å². The van der Waals surface area contributed by atoms with Gasteiger partial charge in [0.1, 0.15) is 4.88 Å². The Balaban J connectivity index is 2.11. The van der Waals surface area contributed by atoms with Gasteiger partial charge in [-0.05, 0) is 26.0 Å². The van der Waals surface area contributed by atoms with E-state index in [9.17, 15) is 4.79 Å². The molecule has 108 valence electrons. The van der Waals surface area contributed by atoms with Crippen LogP contribution >= 0.6 is 22.9 Å². The topological polar surface area (TPSA) is 64.3 Å². The van der Waals surface area contributed by atoms with Crippen LogP contribution in [0.3, 0.4) is 0 Å². The van der Waals surface area contributed by atoms with Gasteiger partial charge in [-0.1, -0.05) is 17.7 Å². The number of rotatable bonds is 5. The van der Waals surface area contributed by atoms with Crippen LogP contribution in [0.5, 0.6) is 0 Å². The number of halogens is 1. The van der Waals surface area contributed by atoms with Crippen LogP contribution in [0.1, 0.15) is 23.5 Å². The smallest absolute Gasteiger partial charge is 0.263 e. The van der Waals surface area contributed by atoms with E-state index < -0.39 is 0 Å². The highest BCUT2D eigenvalue weighted by molar-refractivity contribution is 7.21. The second kappa shape index (κ2) is 6.43. The monoisotopic (exact) mass is 312 g/mol. The lowest BCUT2D eigenvalue weighted by Gasteiger charge is -2.08. The summed E-state index contributed by atoms with van der Waals surface area (Å²) in [4.78, 5) is 12.6. The van der Waals surface area contributed by atoms with Crippen LogP contribution in [0.15, 0.2) is 18.2 Å². The van der Waals surface area contributed by atoms with Crippen molar-refractivity contribution in [3.8, 4) is 0 Å². The second-order valence-corrected chi connectivity index (χ2v) is 6.09. The summed E-state index contributed by atoms with van der Waals surface area (Å²) in [7, 11) is 0. The zero-order valence-corrected chi connectivity index (χ0v) is 13.0. The van der Waals surface area contributed by atoms with Crippen LogP contribution in [0, 0.1) is 0 Å². The van der Waals surface area contributed by atoms with Crippen molar-refractivity contribution in [1.29, 1.82) is 0 Å². The van der Waals surface area contributed by atoms with E-state index in [2.05, 4.69) is 5.32 Å². The summed E-state index contributed by atoms with van der Waals surface area (Å²) in [6.07, 6.45) is 0.153. The quantitative estimate of drug-likeness (QED) is 0.833. The largest absolute Gasteiger partial charge is 0.397 e. The first-order valence-electron chi connectivity index (χ1n) is 6.37. The summed E-state index contributed by atoms with van der Waals surface area (Å²) in [6, 6.07) is 5.52. The molecule has 2 rings (SSSR count). The van der Waals surface area contributed by atoms with Crippen molar-refractivity contribution < 1.29 is 9.53 Å². The molecule has 2 aromatic rings. The van der Waals surface area contributed by atoms with E-state index in [1.165, 1.54) is 11.3 Å². The summed E-state index contributed by atoms with van der Waals surface area (Å²) in [5.41, 5.74) is 6.47. The van der Waals surface area contributed by atoms with Gasteiger partial charge in [-0.25, -0.2) is 0 Å². The summed E-state index contributed by atoms with van der Waals surface area (Å²) in [5.74, 6) is -0.188. The lowest BCUT2D eigenvalue weighted by molar-refractivity contribution is 0.0748. The number of fused-ring (bicyclic) bond motifs is 1. The summed E-state index contributed by atoms with van der Waals surface area (Å²) in [5, 5.41) is 4.12. The first-order chi connectivity index (χ1) is 9.50. The number of anilines is 1. The van der Waals surface area contributed by atoms with Gasteiger partial charge < -0.3 is 15.8 Å². The molecule has 1 amide bonds. The van der Waals surface area contributed by atoms with Crippen LogP contribution in [0.25, 0.3) is 10.1 Å². The number of thiophene rings is 1. The van der Waals surface area contributed by atoms with Crippen molar-refractivity contribution in [1.82, 2.24) is 5.32 Å². The molecular weight excluding hydrogens is 296 g/mol. The number of carbonyl (C=O) groups excluding carboxylic acids is 1. The zero-order valence-electron chi connectivity index (χ0n) is 11.4. The maximum absolute atomic E-state index is 12.1. The molecule has 1 aromatic carbocycles. The number of hydrogen-bond acceptors (Lipinski definition) is 4. The molecule has 0 radical (unpaired) electrons. The molecule has 0 aliphatic heterocycles. The maximum atomic E-state index is 12.1. The van der Waals surface area contributed by atoms with Crippen molar-refractivity contribution in [2.75, 3.05) is 18.9 Å². The molecule has 0 atom stereocenters. The van der Waals surface area contributed by atoms with E-state index in [1.54, 1.807) is 6.07 Å². The van der Waals surface area contributed by atoms with E-state index in [0.717, 1.165) is 10.1 Å². The van der Waals surface area contributed by atoms with Gasteiger partial charge in [0.25, 0.3) is 5.91 Å². The van der Waals surface area contributed by atoms with Crippen molar-refractivity contribution >= 4 is 44.6 Å². The molecule has 20 heavy (non-hydrogen) atoms. The molecule has 0 unspecified atom stereocenters. The van der Waals surface area contributed by atoms with Crippen molar-refractivity contribution in [2.24, 2.45) is 0 Å². The minimum atomic E-state index is -0.188. The third-order valence-electron chi connectivity index (χ3n) is 2.75. The lowest BCUT2D eigenvalue weighted by Crippen LogP contribution is -2.27. The number of nitrogens with one attached hydrogen (secondary N) is 1. The van der Waals surface area contributed by atoms with Crippen LogP contribution in [0.2, 0.25) is 5.02 Å². The minimum absolute atomic E-state index is 0.153. The third kappa shape index (κ3) is 3.23. The molecular formula is C14H17ClN2O2S. The molecule has 3 N–H and O–H groups in total. The Hall–Kier alpha value is -1.30. The van der Waals surface area contributed by atoms with Crippen LogP contribution in [-0.2, 0) is 4.74 Å². The predicted octanol–water partition coefficient (Wildman–Crippen LogP) is 3.29. The van der Waals surface area contributed by atoms with Gasteiger partial charge in [0, 0.05) is 16.6 Å².